The molecule has 1 aliphatic heterocycles. The molecule has 0 N–H and O–H groups in total. The quantitative estimate of drug-likeness (QED) is 0.196. The van der Waals surface area contributed by atoms with Gasteiger partial charge in [-0.15, -0.1) is 0 Å². The lowest BCUT2D eigenvalue weighted by molar-refractivity contribution is 0.590. The largest absolute Gasteiger partial charge is 0.0888 e. The molecule has 0 bridgehead atoms. The third-order valence-electron chi connectivity index (χ3n) is 8.62. The van der Waals surface area contributed by atoms with Gasteiger partial charge in [-0.25, -0.2) is 0 Å². The van der Waals surface area contributed by atoms with Crippen molar-refractivity contribution in [3.63, 3.8) is 0 Å². The summed E-state index contributed by atoms with van der Waals surface area (Å²) in [5.41, 5.74) is 9.31. The highest BCUT2D eigenvalue weighted by atomic mass is 32.2. The molecule has 0 atom stereocenters. The monoisotopic (exact) mass is 542 g/mol. The highest BCUT2D eigenvalue weighted by Crippen LogP contribution is 2.50. The second kappa shape index (κ2) is 9.09. The third-order valence-corrected chi connectivity index (χ3v) is 9.74. The summed E-state index contributed by atoms with van der Waals surface area (Å²) in [5, 5.41) is 7.87. The molecular weight excluding hydrogens is 513 g/mol. The van der Waals surface area contributed by atoms with Gasteiger partial charge in [0.05, 0.1) is 0 Å². The molecule has 41 heavy (non-hydrogen) atoms. The van der Waals surface area contributed by atoms with Crippen LogP contribution in [0.4, 0.5) is 0 Å². The van der Waals surface area contributed by atoms with Crippen LogP contribution in [0.3, 0.4) is 0 Å². The molecule has 196 valence electrons. The lowest BCUT2D eigenvalue weighted by atomic mass is 9.83. The molecular formula is C40H30S. The predicted molar refractivity (Wildman–Crippen MR) is 178 cm³/mol. The number of hydrogen-bond donors (Lipinski definition) is 0. The van der Waals surface area contributed by atoms with E-state index in [1.165, 1.54) is 81.1 Å². The minimum Gasteiger partial charge on any atom is -0.0888 e. The van der Waals surface area contributed by atoms with E-state index < -0.39 is 0 Å². The summed E-state index contributed by atoms with van der Waals surface area (Å²) in [6.07, 6.45) is 0. The minimum atomic E-state index is 0.128. The van der Waals surface area contributed by atoms with E-state index in [1.807, 2.05) is 11.8 Å². The van der Waals surface area contributed by atoms with Gasteiger partial charge in [0.2, 0.25) is 0 Å². The third kappa shape index (κ3) is 3.84. The van der Waals surface area contributed by atoms with Crippen molar-refractivity contribution in [3.05, 3.63) is 133 Å². The van der Waals surface area contributed by atoms with E-state index in [0.29, 0.717) is 0 Å². The van der Waals surface area contributed by atoms with Gasteiger partial charge in [-0.05, 0) is 83.4 Å². The fraction of sp³-hybridized carbons (Fsp3) is 0.100. The van der Waals surface area contributed by atoms with Crippen molar-refractivity contribution in [3.8, 4) is 33.4 Å². The summed E-state index contributed by atoms with van der Waals surface area (Å²) in [6.45, 7) is 6.83. The molecule has 0 nitrogen and oxygen atoms in total. The molecule has 0 saturated carbocycles. The van der Waals surface area contributed by atoms with E-state index in [9.17, 15) is 0 Å². The fourth-order valence-corrected chi connectivity index (χ4v) is 7.79. The van der Waals surface area contributed by atoms with Crippen LogP contribution in [0, 0.1) is 0 Å². The summed E-state index contributed by atoms with van der Waals surface area (Å²) in [4.78, 5) is 2.66. The van der Waals surface area contributed by atoms with Crippen LogP contribution < -0.4 is 0 Å². The number of rotatable bonds is 2. The molecule has 7 aromatic rings. The van der Waals surface area contributed by atoms with Gasteiger partial charge in [-0.2, -0.15) is 0 Å². The molecule has 0 saturated heterocycles. The zero-order valence-corrected chi connectivity index (χ0v) is 24.3. The molecule has 1 heterocycles. The number of benzene rings is 7. The van der Waals surface area contributed by atoms with Crippen LogP contribution in [0.25, 0.3) is 65.7 Å². The molecule has 0 amide bonds. The molecule has 7 aromatic carbocycles. The van der Waals surface area contributed by atoms with Gasteiger partial charge in [0.25, 0.3) is 0 Å². The summed E-state index contributed by atoms with van der Waals surface area (Å²) in [7, 11) is 0. The minimum absolute atomic E-state index is 0.128. The Balaban J connectivity index is 1.38. The second-order valence-electron chi connectivity index (χ2n) is 12.1. The molecule has 1 aliphatic rings. The molecule has 0 aliphatic carbocycles. The van der Waals surface area contributed by atoms with Gasteiger partial charge < -0.3 is 0 Å². The first-order valence-electron chi connectivity index (χ1n) is 14.4. The first kappa shape index (κ1) is 24.5. The van der Waals surface area contributed by atoms with Crippen LogP contribution in [-0.4, -0.2) is 0 Å². The zero-order chi connectivity index (χ0) is 27.7. The van der Waals surface area contributed by atoms with Gasteiger partial charge >= 0.3 is 0 Å². The molecule has 0 spiro atoms. The topological polar surface area (TPSA) is 0 Å². The van der Waals surface area contributed by atoms with Crippen molar-refractivity contribution in [2.45, 2.75) is 36.0 Å². The van der Waals surface area contributed by atoms with Crippen LogP contribution in [0.2, 0.25) is 0 Å². The average molecular weight is 543 g/mol. The van der Waals surface area contributed by atoms with Crippen LogP contribution in [0.5, 0.6) is 0 Å². The lowest BCUT2D eigenvalue weighted by Crippen LogP contribution is -2.10. The molecule has 0 fully saturated rings. The smallest absolute Gasteiger partial charge is 0.0207 e. The molecule has 8 rings (SSSR count). The highest BCUT2D eigenvalue weighted by molar-refractivity contribution is 7.99. The van der Waals surface area contributed by atoms with Crippen molar-refractivity contribution in [2.24, 2.45) is 0 Å². The number of fused-ring (bicyclic) bond motifs is 4. The van der Waals surface area contributed by atoms with E-state index >= 15 is 0 Å². The maximum atomic E-state index is 2.42. The first-order valence-corrected chi connectivity index (χ1v) is 15.2. The van der Waals surface area contributed by atoms with Gasteiger partial charge in [-0.3, -0.25) is 0 Å². The first-order chi connectivity index (χ1) is 20.0. The van der Waals surface area contributed by atoms with Gasteiger partial charge in [0, 0.05) is 15.2 Å². The highest BCUT2D eigenvalue weighted by Gasteiger charge is 2.22. The van der Waals surface area contributed by atoms with E-state index in [-0.39, 0.29) is 5.41 Å². The molecule has 1 heteroatoms. The Kier molecular flexibility index (Phi) is 5.43. The SMILES string of the molecule is CC(C)(C)c1ccc(-c2c3ccccc3c(-c3ccc4c(c3)Sc3cccc5cccc-4c35)c3ccccc23)cc1. The second-order valence-corrected chi connectivity index (χ2v) is 13.2. The van der Waals surface area contributed by atoms with Crippen molar-refractivity contribution in [1.29, 1.82) is 0 Å². The Morgan fingerprint density at radius 3 is 1.63 bits per heavy atom. The van der Waals surface area contributed by atoms with Gasteiger partial charge in [0.15, 0.2) is 0 Å². The fourth-order valence-electron chi connectivity index (χ4n) is 6.61. The van der Waals surface area contributed by atoms with Gasteiger partial charge in [0.1, 0.15) is 0 Å². The Hall–Kier alpha value is -4.33. The Morgan fingerprint density at radius 2 is 1.02 bits per heavy atom. The normalized spacial score (nSPS) is 12.7. The lowest BCUT2D eigenvalue weighted by Gasteiger charge is -2.23. The van der Waals surface area contributed by atoms with E-state index in [0.717, 1.165) is 0 Å². The van der Waals surface area contributed by atoms with Crippen molar-refractivity contribution in [2.75, 3.05) is 0 Å². The molecule has 0 unspecified atom stereocenters. The summed E-state index contributed by atoms with van der Waals surface area (Å²) in [5.74, 6) is 0. The maximum absolute atomic E-state index is 2.42. The Bertz CT molecular complexity index is 2080. The van der Waals surface area contributed by atoms with Crippen molar-refractivity contribution < 1.29 is 0 Å². The average Bonchev–Trinajstić information content (AvgIpc) is 2.99. The summed E-state index contributed by atoms with van der Waals surface area (Å²) >= 11 is 1.90. The predicted octanol–water partition coefficient (Wildman–Crippen LogP) is 11.9. The molecule has 0 aromatic heterocycles. The Morgan fingerprint density at radius 1 is 0.463 bits per heavy atom. The van der Waals surface area contributed by atoms with E-state index in [1.54, 1.807) is 0 Å². The zero-order valence-electron chi connectivity index (χ0n) is 23.5. The molecule has 0 radical (unpaired) electrons. The van der Waals surface area contributed by atoms with Crippen LogP contribution in [0.15, 0.2) is 137 Å². The van der Waals surface area contributed by atoms with Crippen LogP contribution in [0.1, 0.15) is 26.3 Å². The maximum Gasteiger partial charge on any atom is 0.0207 e. The summed E-state index contributed by atoms with van der Waals surface area (Å²) < 4.78 is 0. The van der Waals surface area contributed by atoms with Crippen LogP contribution >= 0.6 is 11.8 Å². The van der Waals surface area contributed by atoms with Crippen molar-refractivity contribution in [1.82, 2.24) is 0 Å². The summed E-state index contributed by atoms with van der Waals surface area (Å²) in [6, 6.07) is 47.5. The van der Waals surface area contributed by atoms with E-state index in [2.05, 4.69) is 148 Å². The number of hydrogen-bond acceptors (Lipinski definition) is 1. The van der Waals surface area contributed by atoms with Crippen LogP contribution in [-0.2, 0) is 5.41 Å². The van der Waals surface area contributed by atoms with Gasteiger partial charge in [-0.1, -0.05) is 148 Å². The van der Waals surface area contributed by atoms with E-state index in [4.69, 9.17) is 0 Å². The standard InChI is InChI=1S/C40H30S/c1-40(2,3)28-21-18-26(19-22-28)37-31-12-4-6-14-33(31)38(34-15-7-5-13-32(34)37)27-20-23-29-30-16-8-10-25-11-9-17-35(39(25)30)41-36(29)24-27/h4-24H,1-3H3. The Labute approximate surface area is 245 Å². The van der Waals surface area contributed by atoms with Crippen molar-refractivity contribution >= 4 is 44.1 Å².